The molecule has 25 heavy (non-hydrogen) atoms. The third-order valence-electron chi connectivity index (χ3n) is 4.38. The van der Waals surface area contributed by atoms with Gasteiger partial charge in [0.05, 0.1) is 25.4 Å². The molecule has 6 nitrogen and oxygen atoms in total. The molecule has 0 aliphatic heterocycles. The van der Waals surface area contributed by atoms with Gasteiger partial charge in [-0.25, -0.2) is 4.98 Å². The van der Waals surface area contributed by atoms with Crippen molar-refractivity contribution in [2.45, 2.75) is 13.8 Å². The van der Waals surface area contributed by atoms with Crippen LogP contribution in [0.5, 0.6) is 11.5 Å². The third kappa shape index (κ3) is 2.29. The number of aromatic nitrogens is 4. The number of fused-ring (bicyclic) bond motifs is 3. The number of imidazole rings is 1. The summed E-state index contributed by atoms with van der Waals surface area (Å²) in [6, 6.07) is 11.9. The van der Waals surface area contributed by atoms with Crippen LogP contribution < -0.4 is 9.47 Å². The van der Waals surface area contributed by atoms with Gasteiger partial charge >= 0.3 is 0 Å². The van der Waals surface area contributed by atoms with Gasteiger partial charge in [0.2, 0.25) is 0 Å². The Balaban J connectivity index is 2.15. The van der Waals surface area contributed by atoms with Gasteiger partial charge in [-0.1, -0.05) is 24.3 Å². The zero-order valence-electron chi connectivity index (χ0n) is 14.6. The number of hydrogen-bond donors (Lipinski definition) is 0. The summed E-state index contributed by atoms with van der Waals surface area (Å²) in [7, 11) is 3.23. The number of benzene rings is 2. The van der Waals surface area contributed by atoms with E-state index in [-0.39, 0.29) is 0 Å². The van der Waals surface area contributed by atoms with E-state index >= 15 is 0 Å². The van der Waals surface area contributed by atoms with E-state index in [1.165, 1.54) is 0 Å². The van der Waals surface area contributed by atoms with Gasteiger partial charge in [-0.2, -0.15) is 0 Å². The number of aryl methyl sites for hydroxylation is 2. The van der Waals surface area contributed by atoms with Crippen molar-refractivity contribution in [3.63, 3.8) is 0 Å². The van der Waals surface area contributed by atoms with Crippen LogP contribution in [-0.4, -0.2) is 33.8 Å². The normalized spacial score (nSPS) is 11.2. The molecule has 0 saturated heterocycles. The highest BCUT2D eigenvalue weighted by atomic mass is 16.5. The SMILES string of the molecule is COc1cc2nnc3c(C)nc(-c4ccccc4C)n3c2cc1OC. The topological polar surface area (TPSA) is 61.5 Å². The van der Waals surface area contributed by atoms with Gasteiger partial charge in [0.15, 0.2) is 17.1 Å². The molecule has 6 heteroatoms. The molecule has 0 bridgehead atoms. The maximum absolute atomic E-state index is 5.46. The molecule has 0 unspecified atom stereocenters. The van der Waals surface area contributed by atoms with Crippen LogP contribution in [0.15, 0.2) is 36.4 Å². The van der Waals surface area contributed by atoms with Crippen LogP contribution in [0.3, 0.4) is 0 Å². The fourth-order valence-electron chi connectivity index (χ4n) is 3.09. The van der Waals surface area contributed by atoms with Gasteiger partial charge in [-0.15, -0.1) is 10.2 Å². The van der Waals surface area contributed by atoms with Crippen molar-refractivity contribution in [1.29, 1.82) is 0 Å². The molecule has 2 aromatic carbocycles. The first kappa shape index (κ1) is 15.4. The van der Waals surface area contributed by atoms with Gasteiger partial charge < -0.3 is 9.47 Å². The van der Waals surface area contributed by atoms with E-state index in [1.807, 2.05) is 35.6 Å². The summed E-state index contributed by atoms with van der Waals surface area (Å²) in [6.07, 6.45) is 0. The Morgan fingerprint density at radius 1 is 0.920 bits per heavy atom. The van der Waals surface area contributed by atoms with Crippen molar-refractivity contribution < 1.29 is 9.47 Å². The zero-order valence-corrected chi connectivity index (χ0v) is 14.6. The van der Waals surface area contributed by atoms with Gasteiger partial charge in [-0.05, 0) is 19.4 Å². The highest BCUT2D eigenvalue weighted by Crippen LogP contribution is 2.33. The summed E-state index contributed by atoms with van der Waals surface area (Å²) >= 11 is 0. The molecule has 0 fully saturated rings. The van der Waals surface area contributed by atoms with Crippen LogP contribution >= 0.6 is 0 Å². The Hall–Kier alpha value is -3.15. The molecule has 0 amide bonds. The number of ether oxygens (including phenoxy) is 2. The van der Waals surface area contributed by atoms with Gasteiger partial charge in [0.25, 0.3) is 0 Å². The van der Waals surface area contributed by atoms with Crippen molar-refractivity contribution >= 4 is 16.7 Å². The van der Waals surface area contributed by atoms with Crippen molar-refractivity contribution in [1.82, 2.24) is 19.6 Å². The summed E-state index contributed by atoms with van der Waals surface area (Å²) in [5.41, 5.74) is 5.38. The molecule has 0 aliphatic carbocycles. The van der Waals surface area contributed by atoms with Crippen molar-refractivity contribution in [3.8, 4) is 22.9 Å². The Morgan fingerprint density at radius 2 is 1.64 bits per heavy atom. The van der Waals surface area contributed by atoms with E-state index in [4.69, 9.17) is 14.5 Å². The Bertz CT molecular complexity index is 1100. The van der Waals surface area contributed by atoms with Crippen LogP contribution in [0.2, 0.25) is 0 Å². The summed E-state index contributed by atoms with van der Waals surface area (Å²) in [6.45, 7) is 4.02. The van der Waals surface area contributed by atoms with E-state index < -0.39 is 0 Å². The second-order valence-corrected chi connectivity index (χ2v) is 5.89. The maximum atomic E-state index is 5.46. The zero-order chi connectivity index (χ0) is 17.6. The second kappa shape index (κ2) is 5.73. The summed E-state index contributed by atoms with van der Waals surface area (Å²) < 4.78 is 12.9. The molecular formula is C19H18N4O2. The molecule has 126 valence electrons. The molecule has 0 atom stereocenters. The standard InChI is InChI=1S/C19H18N4O2/c1-11-7-5-6-8-13(11)19-20-12(2)18-22-21-14-9-16(24-3)17(25-4)10-15(14)23(18)19/h5-10H,1-4H3. The van der Waals surface area contributed by atoms with Gasteiger partial charge in [0, 0.05) is 17.7 Å². The minimum Gasteiger partial charge on any atom is -0.493 e. The van der Waals surface area contributed by atoms with E-state index in [2.05, 4.69) is 29.3 Å². The second-order valence-electron chi connectivity index (χ2n) is 5.89. The predicted octanol–water partition coefficient (Wildman–Crippen LogP) is 3.58. The van der Waals surface area contributed by atoms with E-state index in [9.17, 15) is 0 Å². The maximum Gasteiger partial charge on any atom is 0.183 e. The predicted molar refractivity (Wildman–Crippen MR) is 96.3 cm³/mol. The van der Waals surface area contributed by atoms with E-state index in [0.717, 1.165) is 39.3 Å². The average Bonchev–Trinajstić information content (AvgIpc) is 2.97. The first-order valence-corrected chi connectivity index (χ1v) is 7.97. The van der Waals surface area contributed by atoms with Crippen LogP contribution in [0.4, 0.5) is 0 Å². The minimum atomic E-state index is 0.623. The number of hydrogen-bond acceptors (Lipinski definition) is 5. The Kier molecular flexibility index (Phi) is 3.53. The number of nitrogens with zero attached hydrogens (tertiary/aromatic N) is 4. The first-order chi connectivity index (χ1) is 12.1. The Morgan fingerprint density at radius 3 is 2.36 bits per heavy atom. The van der Waals surface area contributed by atoms with Crippen LogP contribution in [-0.2, 0) is 0 Å². The van der Waals surface area contributed by atoms with Crippen LogP contribution in [0, 0.1) is 13.8 Å². The molecule has 2 heterocycles. The van der Waals surface area contributed by atoms with Crippen molar-refractivity contribution in [3.05, 3.63) is 47.7 Å². The largest absolute Gasteiger partial charge is 0.493 e. The lowest BCUT2D eigenvalue weighted by Gasteiger charge is -2.11. The van der Waals surface area contributed by atoms with Crippen molar-refractivity contribution in [2.24, 2.45) is 0 Å². The Labute approximate surface area is 145 Å². The average molecular weight is 334 g/mol. The number of methoxy groups -OCH3 is 2. The molecule has 0 spiro atoms. The molecule has 0 saturated carbocycles. The molecule has 2 aromatic heterocycles. The van der Waals surface area contributed by atoms with Gasteiger partial charge in [-0.3, -0.25) is 4.40 Å². The monoisotopic (exact) mass is 334 g/mol. The fraction of sp³-hybridized carbons (Fsp3) is 0.211. The molecular weight excluding hydrogens is 316 g/mol. The highest BCUT2D eigenvalue weighted by molar-refractivity contribution is 5.84. The molecule has 4 aromatic rings. The quantitative estimate of drug-likeness (QED) is 0.573. The number of rotatable bonds is 3. The summed E-state index contributed by atoms with van der Waals surface area (Å²) in [5, 5.41) is 8.71. The third-order valence-corrected chi connectivity index (χ3v) is 4.38. The lowest BCUT2D eigenvalue weighted by atomic mass is 10.1. The lowest BCUT2D eigenvalue weighted by molar-refractivity contribution is 0.355. The fourth-order valence-corrected chi connectivity index (χ4v) is 3.09. The molecule has 0 N–H and O–H groups in total. The first-order valence-electron chi connectivity index (χ1n) is 7.97. The molecule has 0 radical (unpaired) electrons. The summed E-state index contributed by atoms with van der Waals surface area (Å²) in [5.74, 6) is 2.11. The molecule has 0 aliphatic rings. The van der Waals surface area contributed by atoms with E-state index in [1.54, 1.807) is 14.2 Å². The van der Waals surface area contributed by atoms with Crippen LogP contribution in [0.25, 0.3) is 28.1 Å². The van der Waals surface area contributed by atoms with Gasteiger partial charge in [0.1, 0.15) is 11.3 Å². The van der Waals surface area contributed by atoms with Crippen molar-refractivity contribution in [2.75, 3.05) is 14.2 Å². The minimum absolute atomic E-state index is 0.623. The summed E-state index contributed by atoms with van der Waals surface area (Å²) in [4.78, 5) is 4.76. The lowest BCUT2D eigenvalue weighted by Crippen LogP contribution is -2.00. The highest BCUT2D eigenvalue weighted by Gasteiger charge is 2.18. The van der Waals surface area contributed by atoms with Crippen LogP contribution in [0.1, 0.15) is 11.3 Å². The smallest absolute Gasteiger partial charge is 0.183 e. The molecule has 4 rings (SSSR count). The van der Waals surface area contributed by atoms with E-state index in [0.29, 0.717) is 11.5 Å².